The Morgan fingerprint density at radius 1 is 1.41 bits per heavy atom. The predicted octanol–water partition coefficient (Wildman–Crippen LogP) is 1.42. The van der Waals surface area contributed by atoms with Crippen LogP contribution in [0, 0.1) is 10.1 Å². The van der Waals surface area contributed by atoms with Crippen molar-refractivity contribution in [1.82, 2.24) is 0 Å². The minimum atomic E-state index is -1.47. The highest BCUT2D eigenvalue weighted by Gasteiger charge is 2.20. The molecule has 1 heterocycles. The van der Waals surface area contributed by atoms with Crippen LogP contribution >= 0.6 is 0 Å². The molecule has 0 saturated heterocycles. The number of rotatable bonds is 4. The predicted molar refractivity (Wildman–Crippen MR) is 73.5 cm³/mol. The van der Waals surface area contributed by atoms with Crippen LogP contribution in [0.5, 0.6) is 0 Å². The Morgan fingerprint density at radius 3 is 2.77 bits per heavy atom. The summed E-state index contributed by atoms with van der Waals surface area (Å²) in [5.74, 6) is -0.740. The number of carbonyl (C=O) groups excluding carboxylic acids is 1. The maximum absolute atomic E-state index is 11.7. The van der Waals surface area contributed by atoms with Gasteiger partial charge in [-0.25, -0.2) is 9.59 Å². The zero-order valence-corrected chi connectivity index (χ0v) is 11.4. The van der Waals surface area contributed by atoms with E-state index in [0.717, 1.165) is 25.5 Å². The lowest BCUT2D eigenvalue weighted by molar-refractivity contribution is -0.385. The quantitative estimate of drug-likeness (QED) is 0.515. The Labute approximate surface area is 123 Å². The summed E-state index contributed by atoms with van der Waals surface area (Å²) in [5.41, 5.74) is -1.23. The molecule has 8 nitrogen and oxygen atoms in total. The summed E-state index contributed by atoms with van der Waals surface area (Å²) < 4.78 is 9.18. The standard InChI is InChI=1S/C14H11NO7/c1-21-13(17)9-6-11(14(18)22-7-9)12(16)8-3-2-4-10(5-8)15(19)20/h2-7,12,16H,1H3. The van der Waals surface area contributed by atoms with Gasteiger partial charge in [0, 0.05) is 12.1 Å². The van der Waals surface area contributed by atoms with E-state index in [9.17, 15) is 24.8 Å². The van der Waals surface area contributed by atoms with Crippen LogP contribution < -0.4 is 5.63 Å². The summed E-state index contributed by atoms with van der Waals surface area (Å²) in [4.78, 5) is 33.3. The lowest BCUT2D eigenvalue weighted by Gasteiger charge is -2.10. The van der Waals surface area contributed by atoms with Crippen molar-refractivity contribution in [2.24, 2.45) is 0 Å². The fourth-order valence-electron chi connectivity index (χ4n) is 1.85. The fourth-order valence-corrected chi connectivity index (χ4v) is 1.85. The first-order chi connectivity index (χ1) is 10.4. The van der Waals surface area contributed by atoms with Crippen molar-refractivity contribution in [2.45, 2.75) is 6.10 Å². The number of carbonyl (C=O) groups is 1. The Hall–Kier alpha value is -3.00. The van der Waals surface area contributed by atoms with E-state index in [1.807, 2.05) is 0 Å². The second-order valence-corrected chi connectivity index (χ2v) is 4.32. The maximum Gasteiger partial charge on any atom is 0.341 e. The molecule has 22 heavy (non-hydrogen) atoms. The number of aliphatic hydroxyl groups is 1. The Balaban J connectivity index is 2.47. The molecule has 0 aliphatic carbocycles. The van der Waals surface area contributed by atoms with Gasteiger partial charge in [0.15, 0.2) is 0 Å². The summed E-state index contributed by atoms with van der Waals surface area (Å²) in [6.07, 6.45) is -0.557. The van der Waals surface area contributed by atoms with Gasteiger partial charge in [-0.1, -0.05) is 12.1 Å². The van der Waals surface area contributed by atoms with E-state index >= 15 is 0 Å². The second kappa shape index (κ2) is 6.19. The van der Waals surface area contributed by atoms with Crippen LogP contribution in [0.1, 0.15) is 27.6 Å². The van der Waals surface area contributed by atoms with Crippen LogP contribution in [0.25, 0.3) is 0 Å². The number of hydrogen-bond acceptors (Lipinski definition) is 7. The molecule has 2 rings (SSSR count). The van der Waals surface area contributed by atoms with Crippen molar-refractivity contribution in [3.63, 3.8) is 0 Å². The third-order valence-corrected chi connectivity index (χ3v) is 2.95. The van der Waals surface area contributed by atoms with E-state index < -0.39 is 22.6 Å². The van der Waals surface area contributed by atoms with Crippen molar-refractivity contribution in [3.8, 4) is 0 Å². The highest BCUT2D eigenvalue weighted by molar-refractivity contribution is 5.88. The molecule has 0 aliphatic heterocycles. The minimum absolute atomic E-state index is 0.0541. The number of nitro groups is 1. The number of non-ortho nitro benzene ring substituents is 1. The summed E-state index contributed by atoms with van der Waals surface area (Å²) in [6.45, 7) is 0. The van der Waals surface area contributed by atoms with Crippen molar-refractivity contribution >= 4 is 11.7 Å². The third-order valence-electron chi connectivity index (χ3n) is 2.95. The first kappa shape index (κ1) is 15.4. The summed E-state index contributed by atoms with van der Waals surface area (Å²) in [5, 5.41) is 21.0. The van der Waals surface area contributed by atoms with Gasteiger partial charge in [-0.3, -0.25) is 10.1 Å². The highest BCUT2D eigenvalue weighted by atomic mass is 16.6. The molecule has 0 aliphatic rings. The van der Waals surface area contributed by atoms with Crippen LogP contribution in [0.15, 0.2) is 45.8 Å². The van der Waals surface area contributed by atoms with Crippen LogP contribution in [0.4, 0.5) is 5.69 Å². The molecule has 1 aromatic carbocycles. The molecule has 0 radical (unpaired) electrons. The molecule has 1 unspecified atom stereocenters. The van der Waals surface area contributed by atoms with Crippen LogP contribution in [-0.4, -0.2) is 23.1 Å². The molecule has 0 bridgehead atoms. The van der Waals surface area contributed by atoms with E-state index in [1.54, 1.807) is 0 Å². The van der Waals surface area contributed by atoms with Gasteiger partial charge < -0.3 is 14.3 Å². The van der Waals surface area contributed by atoms with E-state index in [2.05, 4.69) is 9.15 Å². The lowest BCUT2D eigenvalue weighted by Crippen LogP contribution is -2.15. The van der Waals surface area contributed by atoms with Crippen molar-refractivity contribution in [1.29, 1.82) is 0 Å². The third kappa shape index (κ3) is 3.01. The number of hydrogen-bond donors (Lipinski definition) is 1. The average molecular weight is 305 g/mol. The number of nitrogens with zero attached hydrogens (tertiary/aromatic N) is 1. The number of methoxy groups -OCH3 is 1. The van der Waals surface area contributed by atoms with Gasteiger partial charge in [-0.05, 0) is 11.6 Å². The first-order valence-corrected chi connectivity index (χ1v) is 6.07. The largest absolute Gasteiger partial charge is 0.465 e. The van der Waals surface area contributed by atoms with Gasteiger partial charge in [0.25, 0.3) is 5.69 Å². The van der Waals surface area contributed by atoms with Gasteiger partial charge in [0.2, 0.25) is 0 Å². The van der Waals surface area contributed by atoms with E-state index in [4.69, 9.17) is 0 Å². The number of aliphatic hydroxyl groups excluding tert-OH is 1. The average Bonchev–Trinajstić information content (AvgIpc) is 2.54. The smallest absolute Gasteiger partial charge is 0.341 e. The molecule has 1 atom stereocenters. The van der Waals surface area contributed by atoms with Gasteiger partial charge >= 0.3 is 11.6 Å². The highest BCUT2D eigenvalue weighted by Crippen LogP contribution is 2.23. The Morgan fingerprint density at radius 2 is 2.14 bits per heavy atom. The number of nitro benzene ring substituents is 1. The molecular weight excluding hydrogens is 294 g/mol. The van der Waals surface area contributed by atoms with E-state index in [0.29, 0.717) is 0 Å². The fraction of sp³-hybridized carbons (Fsp3) is 0.143. The summed E-state index contributed by atoms with van der Waals surface area (Å²) >= 11 is 0. The Bertz CT molecular complexity index is 781. The number of ether oxygens (including phenoxy) is 1. The zero-order chi connectivity index (χ0) is 16.3. The molecule has 1 aromatic heterocycles. The number of benzene rings is 1. The van der Waals surface area contributed by atoms with Crippen molar-refractivity contribution < 1.29 is 24.0 Å². The maximum atomic E-state index is 11.7. The molecule has 1 N–H and O–H groups in total. The van der Waals surface area contributed by atoms with Crippen molar-refractivity contribution in [3.05, 3.63) is 73.8 Å². The van der Waals surface area contributed by atoms with Crippen LogP contribution in [0.2, 0.25) is 0 Å². The molecule has 0 amide bonds. The van der Waals surface area contributed by atoms with E-state index in [1.165, 1.54) is 18.2 Å². The van der Waals surface area contributed by atoms with Crippen LogP contribution in [0.3, 0.4) is 0 Å². The zero-order valence-electron chi connectivity index (χ0n) is 11.4. The summed E-state index contributed by atoms with van der Waals surface area (Å²) in [6, 6.07) is 6.31. The van der Waals surface area contributed by atoms with Gasteiger partial charge in [0.05, 0.1) is 23.2 Å². The monoisotopic (exact) mass is 305 g/mol. The molecule has 0 saturated carbocycles. The van der Waals surface area contributed by atoms with E-state index in [-0.39, 0.29) is 22.4 Å². The molecule has 114 valence electrons. The normalized spacial score (nSPS) is 11.7. The topological polar surface area (TPSA) is 120 Å². The Kier molecular flexibility index (Phi) is 4.33. The van der Waals surface area contributed by atoms with Crippen molar-refractivity contribution in [2.75, 3.05) is 7.11 Å². The molecule has 2 aromatic rings. The van der Waals surface area contributed by atoms with Gasteiger partial charge in [0.1, 0.15) is 12.4 Å². The molecule has 8 heteroatoms. The van der Waals surface area contributed by atoms with Gasteiger partial charge in [-0.15, -0.1) is 0 Å². The molecule has 0 fully saturated rings. The van der Waals surface area contributed by atoms with Gasteiger partial charge in [-0.2, -0.15) is 0 Å². The molecular formula is C14H11NO7. The summed E-state index contributed by atoms with van der Waals surface area (Å²) in [7, 11) is 1.16. The molecule has 0 spiro atoms. The first-order valence-electron chi connectivity index (χ1n) is 6.07. The minimum Gasteiger partial charge on any atom is -0.465 e. The second-order valence-electron chi connectivity index (χ2n) is 4.32. The SMILES string of the molecule is COC(=O)c1coc(=O)c(C(O)c2cccc([N+](=O)[O-])c2)c1. The number of esters is 1. The lowest BCUT2D eigenvalue weighted by atomic mass is 10.0. The van der Waals surface area contributed by atoms with Crippen LogP contribution in [-0.2, 0) is 4.74 Å².